The molecule has 4 heteroatoms. The van der Waals surface area contributed by atoms with Crippen molar-refractivity contribution in [3.05, 3.63) is 0 Å². The molecule has 0 radical (unpaired) electrons. The predicted molar refractivity (Wildman–Crippen MR) is 67.7 cm³/mol. The molecule has 1 N–H and O–H groups in total. The van der Waals surface area contributed by atoms with Gasteiger partial charge in [-0.2, -0.15) is 5.26 Å². The monoisotopic (exact) mass is 250 g/mol. The average molecular weight is 250 g/mol. The van der Waals surface area contributed by atoms with Gasteiger partial charge in [-0.05, 0) is 51.4 Å². The van der Waals surface area contributed by atoms with Gasteiger partial charge in [-0.3, -0.25) is 4.79 Å². The molecule has 1 aliphatic carbocycles. The molecular formula is C14H22N2O2. The van der Waals surface area contributed by atoms with Crippen molar-refractivity contribution in [3.8, 4) is 6.07 Å². The Kier molecular flexibility index (Phi) is 3.63. The van der Waals surface area contributed by atoms with Crippen LogP contribution < -0.4 is 5.32 Å². The largest absolute Gasteiger partial charge is 0.365 e. The summed E-state index contributed by atoms with van der Waals surface area (Å²) in [6.07, 6.45) is 5.19. The maximum absolute atomic E-state index is 12.3. The molecule has 0 aromatic heterocycles. The van der Waals surface area contributed by atoms with Crippen molar-refractivity contribution in [1.29, 1.82) is 5.26 Å². The minimum Gasteiger partial charge on any atom is -0.365 e. The van der Waals surface area contributed by atoms with Gasteiger partial charge >= 0.3 is 0 Å². The molecule has 1 amide bonds. The molecule has 100 valence electrons. The van der Waals surface area contributed by atoms with Gasteiger partial charge in [-0.25, -0.2) is 0 Å². The number of carbonyl (C=O) groups excluding carboxylic acids is 1. The van der Waals surface area contributed by atoms with Gasteiger partial charge in [0.2, 0.25) is 0 Å². The predicted octanol–water partition coefficient (Wildman–Crippen LogP) is 2.14. The second kappa shape index (κ2) is 4.89. The van der Waals surface area contributed by atoms with E-state index in [1.807, 2.05) is 6.92 Å². The molecule has 0 aromatic carbocycles. The maximum atomic E-state index is 12.3. The molecule has 1 heterocycles. The Morgan fingerprint density at radius 3 is 2.56 bits per heavy atom. The van der Waals surface area contributed by atoms with Gasteiger partial charge in [-0.15, -0.1) is 0 Å². The highest BCUT2D eigenvalue weighted by Gasteiger charge is 2.43. The number of nitrogens with one attached hydrogen (secondary N) is 1. The van der Waals surface area contributed by atoms with Crippen LogP contribution in [-0.2, 0) is 9.53 Å². The van der Waals surface area contributed by atoms with Crippen molar-refractivity contribution < 1.29 is 9.53 Å². The SMILES string of the molecule is CC1CCC(C#N)(NC(=O)C2(C)CCCO2)CC1. The van der Waals surface area contributed by atoms with Crippen molar-refractivity contribution in [2.75, 3.05) is 6.61 Å². The summed E-state index contributed by atoms with van der Waals surface area (Å²) in [5.74, 6) is 0.540. The van der Waals surface area contributed by atoms with Crippen LogP contribution >= 0.6 is 0 Å². The van der Waals surface area contributed by atoms with Crippen molar-refractivity contribution >= 4 is 5.91 Å². The molecule has 0 aromatic rings. The third-order valence-electron chi connectivity index (χ3n) is 4.39. The highest BCUT2D eigenvalue weighted by Crippen LogP contribution is 2.33. The topological polar surface area (TPSA) is 62.1 Å². The number of ether oxygens (including phenoxy) is 1. The molecule has 1 unspecified atom stereocenters. The smallest absolute Gasteiger partial charge is 0.253 e. The van der Waals surface area contributed by atoms with E-state index in [2.05, 4.69) is 18.3 Å². The van der Waals surface area contributed by atoms with Crippen LogP contribution in [-0.4, -0.2) is 23.7 Å². The first kappa shape index (κ1) is 13.4. The summed E-state index contributed by atoms with van der Waals surface area (Å²) in [5, 5.41) is 12.4. The van der Waals surface area contributed by atoms with Crippen LogP contribution in [0.4, 0.5) is 0 Å². The van der Waals surface area contributed by atoms with E-state index in [4.69, 9.17) is 4.74 Å². The second-order valence-electron chi connectivity index (χ2n) is 6.01. The highest BCUT2D eigenvalue weighted by atomic mass is 16.5. The van der Waals surface area contributed by atoms with Crippen molar-refractivity contribution in [1.82, 2.24) is 5.32 Å². The zero-order valence-corrected chi connectivity index (χ0v) is 11.3. The van der Waals surface area contributed by atoms with E-state index >= 15 is 0 Å². The van der Waals surface area contributed by atoms with E-state index in [1.54, 1.807) is 0 Å². The lowest BCUT2D eigenvalue weighted by Crippen LogP contribution is -2.56. The Balaban J connectivity index is 2.02. The van der Waals surface area contributed by atoms with Gasteiger partial charge < -0.3 is 10.1 Å². The number of hydrogen-bond donors (Lipinski definition) is 1. The lowest BCUT2D eigenvalue weighted by molar-refractivity contribution is -0.141. The zero-order valence-electron chi connectivity index (χ0n) is 11.3. The van der Waals surface area contributed by atoms with Crippen molar-refractivity contribution in [3.63, 3.8) is 0 Å². The maximum Gasteiger partial charge on any atom is 0.253 e. The zero-order chi connectivity index (χ0) is 13.2. The summed E-state index contributed by atoms with van der Waals surface area (Å²) in [6, 6.07) is 2.32. The van der Waals surface area contributed by atoms with Crippen LogP contribution in [0.5, 0.6) is 0 Å². The fourth-order valence-corrected chi connectivity index (χ4v) is 2.83. The van der Waals surface area contributed by atoms with Crippen LogP contribution in [0.15, 0.2) is 0 Å². The van der Waals surface area contributed by atoms with Crippen LogP contribution in [0, 0.1) is 17.2 Å². The number of hydrogen-bond acceptors (Lipinski definition) is 3. The van der Waals surface area contributed by atoms with E-state index in [1.165, 1.54) is 0 Å². The summed E-state index contributed by atoms with van der Waals surface area (Å²) in [6.45, 7) is 4.66. The molecule has 18 heavy (non-hydrogen) atoms. The third-order valence-corrected chi connectivity index (χ3v) is 4.39. The molecular weight excluding hydrogens is 228 g/mol. The lowest BCUT2D eigenvalue weighted by Gasteiger charge is -2.36. The van der Waals surface area contributed by atoms with Crippen LogP contribution in [0.3, 0.4) is 0 Å². The van der Waals surface area contributed by atoms with E-state index < -0.39 is 11.1 Å². The van der Waals surface area contributed by atoms with Gasteiger partial charge in [0, 0.05) is 6.61 Å². The standard InChI is InChI=1S/C14H22N2O2/c1-11-4-7-14(10-15,8-5-11)16-12(17)13(2)6-3-9-18-13/h11H,3-9H2,1-2H3,(H,16,17). The average Bonchev–Trinajstić information content (AvgIpc) is 2.81. The molecule has 2 rings (SSSR count). The number of nitriles is 1. The fourth-order valence-electron chi connectivity index (χ4n) is 2.83. The van der Waals surface area contributed by atoms with Crippen LogP contribution in [0.25, 0.3) is 0 Å². The Morgan fingerprint density at radius 2 is 2.06 bits per heavy atom. The molecule has 1 atom stereocenters. The van der Waals surface area contributed by atoms with Gasteiger partial charge in [0.15, 0.2) is 0 Å². The van der Waals surface area contributed by atoms with E-state index in [-0.39, 0.29) is 5.91 Å². The second-order valence-corrected chi connectivity index (χ2v) is 6.01. The molecule has 0 spiro atoms. The van der Waals surface area contributed by atoms with E-state index in [0.717, 1.165) is 38.5 Å². The number of amides is 1. The third kappa shape index (κ3) is 2.51. The molecule has 2 aliphatic rings. The van der Waals surface area contributed by atoms with E-state index in [0.29, 0.717) is 12.5 Å². The van der Waals surface area contributed by atoms with E-state index in [9.17, 15) is 10.1 Å². The van der Waals surface area contributed by atoms with Gasteiger partial charge in [0.1, 0.15) is 11.1 Å². The summed E-state index contributed by atoms with van der Waals surface area (Å²) >= 11 is 0. The summed E-state index contributed by atoms with van der Waals surface area (Å²) < 4.78 is 5.53. The van der Waals surface area contributed by atoms with Gasteiger partial charge in [0.25, 0.3) is 5.91 Å². The molecule has 0 bridgehead atoms. The van der Waals surface area contributed by atoms with Crippen molar-refractivity contribution in [2.24, 2.45) is 5.92 Å². The first-order valence-corrected chi connectivity index (χ1v) is 6.88. The first-order valence-electron chi connectivity index (χ1n) is 6.88. The molecule has 1 aliphatic heterocycles. The first-order chi connectivity index (χ1) is 8.50. The molecule has 4 nitrogen and oxygen atoms in total. The van der Waals surface area contributed by atoms with Crippen LogP contribution in [0.1, 0.15) is 52.4 Å². The quantitative estimate of drug-likeness (QED) is 0.816. The number of nitrogens with zero attached hydrogens (tertiary/aromatic N) is 1. The molecule has 2 fully saturated rings. The van der Waals surface area contributed by atoms with Crippen LogP contribution in [0.2, 0.25) is 0 Å². The Morgan fingerprint density at radius 1 is 1.39 bits per heavy atom. The minimum absolute atomic E-state index is 0.115. The van der Waals surface area contributed by atoms with Gasteiger partial charge in [0.05, 0.1) is 6.07 Å². The molecule has 1 saturated heterocycles. The summed E-state index contributed by atoms with van der Waals surface area (Å²) in [7, 11) is 0. The van der Waals surface area contributed by atoms with Gasteiger partial charge in [-0.1, -0.05) is 6.92 Å². The lowest BCUT2D eigenvalue weighted by atomic mass is 9.77. The fraction of sp³-hybridized carbons (Fsp3) is 0.857. The normalized spacial score (nSPS) is 40.2. The minimum atomic E-state index is -0.729. The summed E-state index contributed by atoms with van der Waals surface area (Å²) in [5.41, 5.74) is -1.40. The number of carbonyl (C=O) groups is 1. The summed E-state index contributed by atoms with van der Waals surface area (Å²) in [4.78, 5) is 12.3. The number of rotatable bonds is 2. The Hall–Kier alpha value is -1.08. The highest BCUT2D eigenvalue weighted by molar-refractivity contribution is 5.86. The Bertz CT molecular complexity index is 358. The van der Waals surface area contributed by atoms with Crippen molar-refractivity contribution in [2.45, 2.75) is 63.5 Å². The molecule has 1 saturated carbocycles. The Labute approximate surface area is 109 Å².